The average molecular weight is 359 g/mol. The first kappa shape index (κ1) is 17.9. The van der Waals surface area contributed by atoms with E-state index in [-0.39, 0.29) is 11.9 Å². The highest BCUT2D eigenvalue weighted by Crippen LogP contribution is 2.23. The summed E-state index contributed by atoms with van der Waals surface area (Å²) in [5.41, 5.74) is 1.80. The van der Waals surface area contributed by atoms with Crippen LogP contribution in [0.3, 0.4) is 0 Å². The minimum Gasteiger partial charge on any atom is -0.350 e. The molecule has 3 rings (SSSR count). The number of nitrogens with zero attached hydrogens (tertiary/aromatic N) is 3. The van der Waals surface area contributed by atoms with Crippen molar-refractivity contribution in [3.63, 3.8) is 0 Å². The molecular formula is C19H23ClN4O. The Morgan fingerprint density at radius 3 is 2.40 bits per heavy atom. The van der Waals surface area contributed by atoms with Crippen molar-refractivity contribution < 1.29 is 4.79 Å². The lowest BCUT2D eigenvalue weighted by Gasteiger charge is -2.38. The number of rotatable bonds is 5. The summed E-state index contributed by atoms with van der Waals surface area (Å²) >= 11 is 6.03. The first-order valence-corrected chi connectivity index (χ1v) is 8.87. The van der Waals surface area contributed by atoms with Crippen molar-refractivity contribution in [2.24, 2.45) is 0 Å². The minimum atomic E-state index is -0.0736. The number of halogens is 1. The number of benzene rings is 1. The van der Waals surface area contributed by atoms with Crippen LogP contribution in [-0.4, -0.2) is 60.5 Å². The zero-order chi connectivity index (χ0) is 17.6. The van der Waals surface area contributed by atoms with Crippen molar-refractivity contribution in [1.29, 1.82) is 0 Å². The molecule has 25 heavy (non-hydrogen) atoms. The molecule has 0 aliphatic carbocycles. The predicted molar refractivity (Wildman–Crippen MR) is 99.8 cm³/mol. The highest BCUT2D eigenvalue weighted by Gasteiger charge is 2.24. The van der Waals surface area contributed by atoms with Crippen molar-refractivity contribution in [2.45, 2.75) is 6.04 Å². The molecule has 0 spiro atoms. The summed E-state index contributed by atoms with van der Waals surface area (Å²) in [7, 11) is 2.14. The van der Waals surface area contributed by atoms with Gasteiger partial charge in [-0.3, -0.25) is 14.7 Å². The van der Waals surface area contributed by atoms with Gasteiger partial charge in [0.1, 0.15) is 0 Å². The molecule has 6 heteroatoms. The van der Waals surface area contributed by atoms with Gasteiger partial charge in [0.25, 0.3) is 5.91 Å². The lowest BCUT2D eigenvalue weighted by molar-refractivity contribution is 0.0886. The van der Waals surface area contributed by atoms with Gasteiger partial charge in [-0.15, -0.1) is 0 Å². The monoisotopic (exact) mass is 358 g/mol. The molecule has 1 aliphatic heterocycles. The van der Waals surface area contributed by atoms with Crippen LogP contribution in [0, 0.1) is 0 Å². The summed E-state index contributed by atoms with van der Waals surface area (Å²) in [6.45, 7) is 4.58. The smallest absolute Gasteiger partial charge is 0.251 e. The standard InChI is InChI=1S/C19H23ClN4O/c1-23-10-12-24(13-11-23)18(15-2-4-17(20)5-3-15)14-22-19(25)16-6-8-21-9-7-16/h2-9,18H,10-14H2,1H3,(H,22,25). The zero-order valence-corrected chi connectivity index (χ0v) is 15.1. The van der Waals surface area contributed by atoms with Gasteiger partial charge in [-0.05, 0) is 36.9 Å². The molecule has 1 fully saturated rings. The number of hydrogen-bond acceptors (Lipinski definition) is 4. The summed E-state index contributed by atoms with van der Waals surface area (Å²) in [6, 6.07) is 11.5. The molecule has 2 heterocycles. The third-order valence-corrected chi connectivity index (χ3v) is 4.88. The number of carbonyl (C=O) groups excluding carboxylic acids is 1. The topological polar surface area (TPSA) is 48.5 Å². The largest absolute Gasteiger partial charge is 0.350 e. The highest BCUT2D eigenvalue weighted by atomic mass is 35.5. The molecule has 1 amide bonds. The molecule has 5 nitrogen and oxygen atoms in total. The Labute approximate surface area is 153 Å². The van der Waals surface area contributed by atoms with E-state index >= 15 is 0 Å². The van der Waals surface area contributed by atoms with Gasteiger partial charge < -0.3 is 10.2 Å². The second-order valence-electron chi connectivity index (χ2n) is 6.35. The van der Waals surface area contributed by atoms with Gasteiger partial charge in [0.15, 0.2) is 0 Å². The second-order valence-corrected chi connectivity index (χ2v) is 6.79. The number of carbonyl (C=O) groups is 1. The molecule has 1 aliphatic rings. The Hall–Kier alpha value is -1.95. The maximum absolute atomic E-state index is 12.4. The average Bonchev–Trinajstić information content (AvgIpc) is 2.65. The van der Waals surface area contributed by atoms with Gasteiger partial charge in [-0.25, -0.2) is 0 Å². The molecule has 1 aromatic carbocycles. The molecule has 1 saturated heterocycles. The minimum absolute atomic E-state index is 0.0736. The summed E-state index contributed by atoms with van der Waals surface area (Å²) < 4.78 is 0. The number of aromatic nitrogens is 1. The SMILES string of the molecule is CN1CCN(C(CNC(=O)c2ccncc2)c2ccc(Cl)cc2)CC1. The van der Waals surface area contributed by atoms with Crippen LogP contribution in [0.25, 0.3) is 0 Å². The van der Waals surface area contributed by atoms with Crippen LogP contribution >= 0.6 is 11.6 Å². The molecule has 1 aromatic heterocycles. The van der Waals surface area contributed by atoms with E-state index in [0.29, 0.717) is 12.1 Å². The molecule has 2 aromatic rings. The fraction of sp³-hybridized carbons (Fsp3) is 0.368. The second kappa shape index (κ2) is 8.43. The summed E-state index contributed by atoms with van der Waals surface area (Å²) in [6.07, 6.45) is 3.26. The summed E-state index contributed by atoms with van der Waals surface area (Å²) in [5.74, 6) is -0.0736. The van der Waals surface area contributed by atoms with Gasteiger partial charge in [0, 0.05) is 55.7 Å². The van der Waals surface area contributed by atoms with E-state index in [4.69, 9.17) is 11.6 Å². The lowest BCUT2D eigenvalue weighted by atomic mass is 10.0. The van der Waals surface area contributed by atoms with E-state index in [1.54, 1.807) is 24.5 Å². The van der Waals surface area contributed by atoms with Crippen molar-refractivity contribution in [1.82, 2.24) is 20.1 Å². The molecule has 0 radical (unpaired) electrons. The fourth-order valence-electron chi connectivity index (χ4n) is 3.07. The first-order chi connectivity index (χ1) is 12.1. The van der Waals surface area contributed by atoms with E-state index in [1.165, 1.54) is 5.56 Å². The van der Waals surface area contributed by atoms with Crippen LogP contribution in [0.2, 0.25) is 5.02 Å². The maximum Gasteiger partial charge on any atom is 0.251 e. The Morgan fingerprint density at radius 1 is 1.12 bits per heavy atom. The molecule has 0 saturated carbocycles. The fourth-order valence-corrected chi connectivity index (χ4v) is 3.20. The number of pyridine rings is 1. The van der Waals surface area contributed by atoms with Gasteiger partial charge in [0.2, 0.25) is 0 Å². The van der Waals surface area contributed by atoms with Crippen molar-refractivity contribution in [3.05, 3.63) is 64.9 Å². The van der Waals surface area contributed by atoms with E-state index in [0.717, 1.165) is 31.2 Å². The van der Waals surface area contributed by atoms with Crippen LogP contribution in [0.15, 0.2) is 48.8 Å². The van der Waals surface area contributed by atoms with Gasteiger partial charge in [-0.2, -0.15) is 0 Å². The van der Waals surface area contributed by atoms with Crippen LogP contribution < -0.4 is 5.32 Å². The Bertz CT molecular complexity index is 684. The Morgan fingerprint density at radius 2 is 1.76 bits per heavy atom. The quantitative estimate of drug-likeness (QED) is 0.892. The first-order valence-electron chi connectivity index (χ1n) is 8.50. The van der Waals surface area contributed by atoms with Gasteiger partial charge in [-0.1, -0.05) is 23.7 Å². The third kappa shape index (κ3) is 4.78. The number of likely N-dealkylation sites (N-methyl/N-ethyl adjacent to an activating group) is 1. The van der Waals surface area contributed by atoms with Gasteiger partial charge in [0.05, 0.1) is 6.04 Å². The number of piperazine rings is 1. The lowest BCUT2D eigenvalue weighted by Crippen LogP contribution is -2.48. The zero-order valence-electron chi connectivity index (χ0n) is 14.4. The molecule has 1 atom stereocenters. The van der Waals surface area contributed by atoms with Crippen molar-refractivity contribution in [2.75, 3.05) is 39.8 Å². The molecule has 1 unspecified atom stereocenters. The molecular weight excluding hydrogens is 336 g/mol. The number of amides is 1. The van der Waals surface area contributed by atoms with Gasteiger partial charge >= 0.3 is 0 Å². The van der Waals surface area contributed by atoms with E-state index in [1.807, 2.05) is 24.3 Å². The Kier molecular flexibility index (Phi) is 6.02. The number of nitrogens with one attached hydrogen (secondary N) is 1. The Balaban J connectivity index is 1.72. The molecule has 0 bridgehead atoms. The normalized spacial score (nSPS) is 17.2. The van der Waals surface area contributed by atoms with Crippen LogP contribution in [0.4, 0.5) is 0 Å². The maximum atomic E-state index is 12.4. The highest BCUT2D eigenvalue weighted by molar-refractivity contribution is 6.30. The van der Waals surface area contributed by atoms with E-state index in [2.05, 4.69) is 27.1 Å². The molecule has 132 valence electrons. The molecule has 1 N–H and O–H groups in total. The van der Waals surface area contributed by atoms with Crippen LogP contribution in [0.5, 0.6) is 0 Å². The predicted octanol–water partition coefficient (Wildman–Crippen LogP) is 2.45. The van der Waals surface area contributed by atoms with E-state index in [9.17, 15) is 4.79 Å². The van der Waals surface area contributed by atoms with E-state index < -0.39 is 0 Å². The number of hydrogen-bond donors (Lipinski definition) is 1. The van der Waals surface area contributed by atoms with Crippen molar-refractivity contribution in [3.8, 4) is 0 Å². The van der Waals surface area contributed by atoms with Crippen LogP contribution in [-0.2, 0) is 0 Å². The van der Waals surface area contributed by atoms with Crippen LogP contribution in [0.1, 0.15) is 22.0 Å². The summed E-state index contributed by atoms with van der Waals surface area (Å²) in [5, 5.41) is 3.79. The summed E-state index contributed by atoms with van der Waals surface area (Å²) in [4.78, 5) is 21.1. The third-order valence-electron chi connectivity index (χ3n) is 4.63. The van der Waals surface area contributed by atoms with Crippen molar-refractivity contribution >= 4 is 17.5 Å².